The second-order valence-corrected chi connectivity index (χ2v) is 7.38. The van der Waals surface area contributed by atoms with Gasteiger partial charge < -0.3 is 10.2 Å². The van der Waals surface area contributed by atoms with E-state index < -0.39 is 0 Å². The molecule has 1 aliphatic heterocycles. The molecule has 23 heavy (non-hydrogen) atoms. The monoisotopic (exact) mass is 312 g/mol. The van der Waals surface area contributed by atoms with Crippen LogP contribution < -0.4 is 5.32 Å². The third-order valence-electron chi connectivity index (χ3n) is 5.91. The molecular formula is C19H24N2O2. The molecule has 4 heteroatoms. The highest BCUT2D eigenvalue weighted by molar-refractivity contribution is 5.90. The minimum absolute atomic E-state index is 0.0744. The minimum atomic E-state index is -0.315. The van der Waals surface area contributed by atoms with Crippen molar-refractivity contribution in [3.8, 4) is 0 Å². The number of nitrogens with zero attached hydrogens (tertiary/aromatic N) is 1. The Morgan fingerprint density at radius 3 is 2.65 bits per heavy atom. The normalized spacial score (nSPS) is 32.5. The van der Waals surface area contributed by atoms with Crippen LogP contribution in [0.25, 0.3) is 0 Å². The molecule has 4 unspecified atom stereocenters. The fraction of sp³-hybridized carbons (Fsp3) is 0.579. The Balaban J connectivity index is 1.34. The lowest BCUT2D eigenvalue weighted by Gasteiger charge is -2.23. The minimum Gasteiger partial charge on any atom is -0.344 e. The number of nitrogens with one attached hydrogen (secondary N) is 1. The number of likely N-dealkylation sites (tertiary alicyclic amines) is 1. The maximum absolute atomic E-state index is 12.5. The fourth-order valence-corrected chi connectivity index (χ4v) is 4.68. The van der Waals surface area contributed by atoms with E-state index in [1.165, 1.54) is 19.3 Å². The second kappa shape index (κ2) is 5.99. The zero-order valence-electron chi connectivity index (χ0n) is 13.4. The molecule has 2 saturated carbocycles. The lowest BCUT2D eigenvalue weighted by atomic mass is 9.88. The molecule has 0 spiro atoms. The molecule has 0 radical (unpaired) electrons. The first-order chi connectivity index (χ1) is 11.2. The molecule has 1 aromatic rings. The summed E-state index contributed by atoms with van der Waals surface area (Å²) in [7, 11) is 0. The smallest absolute Gasteiger partial charge is 0.245 e. The Bertz CT molecular complexity index is 601. The molecule has 4 nitrogen and oxygen atoms in total. The van der Waals surface area contributed by atoms with E-state index in [2.05, 4.69) is 5.32 Å². The number of hydrogen-bond acceptors (Lipinski definition) is 2. The van der Waals surface area contributed by atoms with Crippen LogP contribution in [0.5, 0.6) is 0 Å². The van der Waals surface area contributed by atoms with Crippen molar-refractivity contribution >= 4 is 11.8 Å². The summed E-state index contributed by atoms with van der Waals surface area (Å²) < 4.78 is 0. The predicted molar refractivity (Wildman–Crippen MR) is 87.3 cm³/mol. The van der Waals surface area contributed by atoms with E-state index in [-0.39, 0.29) is 23.8 Å². The van der Waals surface area contributed by atoms with E-state index in [1.807, 2.05) is 35.2 Å². The summed E-state index contributed by atoms with van der Waals surface area (Å²) in [5, 5.41) is 3.04. The van der Waals surface area contributed by atoms with Gasteiger partial charge in [-0.1, -0.05) is 36.8 Å². The van der Waals surface area contributed by atoms with E-state index in [9.17, 15) is 9.59 Å². The van der Waals surface area contributed by atoms with Crippen molar-refractivity contribution in [2.45, 2.75) is 44.7 Å². The first-order valence-electron chi connectivity index (χ1n) is 8.84. The molecular weight excluding hydrogens is 288 g/mol. The second-order valence-electron chi connectivity index (χ2n) is 7.38. The average molecular weight is 312 g/mol. The molecule has 4 atom stereocenters. The first-order valence-corrected chi connectivity index (χ1v) is 8.84. The molecule has 3 aliphatic rings. The summed E-state index contributed by atoms with van der Waals surface area (Å²) in [6.07, 6.45) is 5.48. The van der Waals surface area contributed by atoms with E-state index in [0.717, 1.165) is 30.9 Å². The van der Waals surface area contributed by atoms with Gasteiger partial charge in [0.15, 0.2) is 0 Å². The van der Waals surface area contributed by atoms with Gasteiger partial charge in [-0.2, -0.15) is 0 Å². The molecule has 1 N–H and O–H groups in total. The van der Waals surface area contributed by atoms with Crippen molar-refractivity contribution in [3.05, 3.63) is 35.9 Å². The van der Waals surface area contributed by atoms with Crippen LogP contribution >= 0.6 is 0 Å². The highest BCUT2D eigenvalue weighted by Crippen LogP contribution is 2.48. The van der Waals surface area contributed by atoms with Gasteiger partial charge in [0.2, 0.25) is 11.8 Å². The van der Waals surface area contributed by atoms with E-state index >= 15 is 0 Å². The van der Waals surface area contributed by atoms with Crippen LogP contribution in [0, 0.1) is 17.8 Å². The maximum atomic E-state index is 12.5. The number of carbonyl (C=O) groups is 2. The van der Waals surface area contributed by atoms with Crippen molar-refractivity contribution in [1.29, 1.82) is 0 Å². The number of fused-ring (bicyclic) bond motifs is 2. The van der Waals surface area contributed by atoms with Gasteiger partial charge in [0.25, 0.3) is 0 Å². The van der Waals surface area contributed by atoms with Crippen molar-refractivity contribution in [1.82, 2.24) is 10.2 Å². The van der Waals surface area contributed by atoms with Gasteiger partial charge in [-0.15, -0.1) is 0 Å². The summed E-state index contributed by atoms with van der Waals surface area (Å²) in [6, 6.07) is 9.72. The number of hydrogen-bond donors (Lipinski definition) is 1. The lowest BCUT2D eigenvalue weighted by molar-refractivity contribution is -0.134. The molecule has 2 amide bonds. The van der Waals surface area contributed by atoms with E-state index in [1.54, 1.807) is 0 Å². The van der Waals surface area contributed by atoms with Gasteiger partial charge in [0, 0.05) is 19.0 Å². The number of benzene rings is 1. The summed E-state index contributed by atoms with van der Waals surface area (Å²) in [5.74, 6) is 1.67. The van der Waals surface area contributed by atoms with Gasteiger partial charge in [-0.05, 0) is 43.1 Å². The van der Waals surface area contributed by atoms with Crippen molar-refractivity contribution < 1.29 is 9.59 Å². The predicted octanol–water partition coefficient (Wildman–Crippen LogP) is 2.34. The van der Waals surface area contributed by atoms with Crippen LogP contribution in [0.1, 0.15) is 37.7 Å². The number of amides is 2. The van der Waals surface area contributed by atoms with Gasteiger partial charge in [0.1, 0.15) is 6.04 Å². The van der Waals surface area contributed by atoms with Gasteiger partial charge >= 0.3 is 0 Å². The van der Waals surface area contributed by atoms with Crippen LogP contribution in [0.15, 0.2) is 30.3 Å². The van der Waals surface area contributed by atoms with Gasteiger partial charge in [-0.25, -0.2) is 0 Å². The van der Waals surface area contributed by atoms with E-state index in [0.29, 0.717) is 12.5 Å². The number of carbonyl (C=O) groups excluding carboxylic acids is 2. The Morgan fingerprint density at radius 2 is 1.96 bits per heavy atom. The molecule has 1 aromatic carbocycles. The third-order valence-corrected chi connectivity index (χ3v) is 5.91. The molecule has 122 valence electrons. The largest absolute Gasteiger partial charge is 0.344 e. The zero-order valence-corrected chi connectivity index (χ0v) is 13.4. The van der Waals surface area contributed by atoms with Crippen LogP contribution in [-0.4, -0.2) is 29.3 Å². The Labute approximate surface area is 137 Å². The molecule has 3 fully saturated rings. The molecule has 0 aromatic heterocycles. The third kappa shape index (κ3) is 2.87. The van der Waals surface area contributed by atoms with Gasteiger partial charge in [-0.3, -0.25) is 9.59 Å². The standard InChI is InChI=1S/C19H24N2O2/c22-18(16-11-14-6-7-15(16)10-14)20-17-8-9-21(19(17)23)12-13-4-2-1-3-5-13/h1-5,14-17H,6-12H2,(H,20,22). The van der Waals surface area contributed by atoms with E-state index in [4.69, 9.17) is 0 Å². The zero-order chi connectivity index (χ0) is 15.8. The topological polar surface area (TPSA) is 49.4 Å². The van der Waals surface area contributed by atoms with Crippen molar-refractivity contribution in [2.75, 3.05) is 6.54 Å². The summed E-state index contributed by atoms with van der Waals surface area (Å²) >= 11 is 0. The number of rotatable bonds is 4. The summed E-state index contributed by atoms with van der Waals surface area (Å²) in [5.41, 5.74) is 1.14. The Morgan fingerprint density at radius 1 is 1.13 bits per heavy atom. The van der Waals surface area contributed by atoms with Crippen LogP contribution in [0.4, 0.5) is 0 Å². The maximum Gasteiger partial charge on any atom is 0.245 e. The molecule has 4 rings (SSSR count). The van der Waals surface area contributed by atoms with Crippen LogP contribution in [0.3, 0.4) is 0 Å². The van der Waals surface area contributed by atoms with Crippen molar-refractivity contribution in [2.24, 2.45) is 17.8 Å². The Kier molecular flexibility index (Phi) is 3.83. The summed E-state index contributed by atoms with van der Waals surface area (Å²) in [4.78, 5) is 26.9. The molecule has 1 saturated heterocycles. The Hall–Kier alpha value is -1.84. The fourth-order valence-electron chi connectivity index (χ4n) is 4.68. The summed E-state index contributed by atoms with van der Waals surface area (Å²) in [6.45, 7) is 1.37. The quantitative estimate of drug-likeness (QED) is 0.928. The van der Waals surface area contributed by atoms with Crippen LogP contribution in [-0.2, 0) is 16.1 Å². The highest BCUT2D eigenvalue weighted by atomic mass is 16.2. The van der Waals surface area contributed by atoms with Gasteiger partial charge in [0.05, 0.1) is 0 Å². The van der Waals surface area contributed by atoms with Crippen LogP contribution in [0.2, 0.25) is 0 Å². The van der Waals surface area contributed by atoms with Crippen molar-refractivity contribution in [3.63, 3.8) is 0 Å². The first kappa shape index (κ1) is 14.7. The highest BCUT2D eigenvalue weighted by Gasteiger charge is 2.44. The average Bonchev–Trinajstić information content (AvgIpc) is 3.27. The molecule has 1 heterocycles. The lowest BCUT2D eigenvalue weighted by Crippen LogP contribution is -2.44. The SMILES string of the molecule is O=C(NC1CCN(Cc2ccccc2)C1=O)C1CC2CCC1C2. The molecule has 2 bridgehead atoms. The molecule has 2 aliphatic carbocycles.